The summed E-state index contributed by atoms with van der Waals surface area (Å²) < 4.78 is 2.03. The molecule has 1 aromatic rings. The van der Waals surface area contributed by atoms with E-state index in [0.717, 1.165) is 18.7 Å². The Bertz CT molecular complexity index is 227. The third-order valence-corrected chi connectivity index (χ3v) is 1.66. The highest BCUT2D eigenvalue weighted by atomic mass is 16.3. The van der Waals surface area contributed by atoms with Crippen molar-refractivity contribution in [3.05, 3.63) is 36.7 Å². The summed E-state index contributed by atoms with van der Waals surface area (Å²) >= 11 is 0. The van der Waals surface area contributed by atoms with Crippen LogP contribution in [0.3, 0.4) is 0 Å². The summed E-state index contributed by atoms with van der Waals surface area (Å²) in [7, 11) is 0. The van der Waals surface area contributed by atoms with E-state index in [9.17, 15) is 0 Å². The Kier molecular flexibility index (Phi) is 2.93. The van der Waals surface area contributed by atoms with Crippen LogP contribution in [-0.4, -0.2) is 9.67 Å². The van der Waals surface area contributed by atoms with Crippen LogP contribution in [0.25, 0.3) is 0 Å². The van der Waals surface area contributed by atoms with Crippen molar-refractivity contribution in [3.63, 3.8) is 0 Å². The van der Waals surface area contributed by atoms with E-state index in [4.69, 9.17) is 5.11 Å². The van der Waals surface area contributed by atoms with Crippen molar-refractivity contribution in [2.75, 3.05) is 0 Å². The average Bonchev–Trinajstić information content (AvgIpc) is 2.47. The number of hydrogen-bond donors (Lipinski definition) is 1. The van der Waals surface area contributed by atoms with Crippen LogP contribution in [-0.2, 0) is 13.2 Å². The van der Waals surface area contributed by atoms with Crippen LogP contribution in [0.15, 0.2) is 31.0 Å². The highest BCUT2D eigenvalue weighted by Crippen LogP contribution is 2.02. The first-order valence-corrected chi connectivity index (χ1v) is 3.74. The predicted molar refractivity (Wildman–Crippen MR) is 45.2 cm³/mol. The van der Waals surface area contributed by atoms with Crippen molar-refractivity contribution >= 4 is 0 Å². The first-order valence-electron chi connectivity index (χ1n) is 3.74. The molecule has 0 fully saturated rings. The molecule has 60 valence electrons. The Morgan fingerprint density at radius 3 is 3.09 bits per heavy atom. The van der Waals surface area contributed by atoms with E-state index in [-0.39, 0.29) is 6.61 Å². The number of aryl methyl sites for hydroxylation is 1. The highest BCUT2D eigenvalue weighted by molar-refractivity contribution is 5.05. The third kappa shape index (κ3) is 1.95. The van der Waals surface area contributed by atoms with Gasteiger partial charge < -0.3 is 9.67 Å². The second-order valence-corrected chi connectivity index (χ2v) is 2.43. The lowest BCUT2D eigenvalue weighted by atomic mass is 10.4. The van der Waals surface area contributed by atoms with Crippen molar-refractivity contribution in [2.24, 2.45) is 0 Å². The molecular weight excluding hydrogens is 138 g/mol. The molecular formula is C9H13NO. The van der Waals surface area contributed by atoms with Crippen LogP contribution in [0, 0.1) is 0 Å². The molecule has 0 atom stereocenters. The minimum atomic E-state index is 0.115. The number of aliphatic hydroxyl groups is 1. The normalized spacial score (nSPS) is 9.91. The smallest absolute Gasteiger partial charge is 0.0832 e. The average molecular weight is 151 g/mol. The minimum Gasteiger partial charge on any atom is -0.390 e. The summed E-state index contributed by atoms with van der Waals surface area (Å²) in [4.78, 5) is 0. The first-order chi connectivity index (χ1) is 5.38. The molecule has 1 heterocycles. The van der Waals surface area contributed by atoms with Gasteiger partial charge in [0.2, 0.25) is 0 Å². The number of aromatic nitrogens is 1. The molecule has 0 saturated heterocycles. The van der Waals surface area contributed by atoms with Gasteiger partial charge in [0.05, 0.1) is 6.61 Å². The summed E-state index contributed by atoms with van der Waals surface area (Å²) in [6.07, 6.45) is 4.79. The fourth-order valence-corrected chi connectivity index (χ4v) is 1.04. The van der Waals surface area contributed by atoms with Gasteiger partial charge in [-0.1, -0.05) is 6.08 Å². The van der Waals surface area contributed by atoms with E-state index in [0.29, 0.717) is 0 Å². The largest absolute Gasteiger partial charge is 0.390 e. The topological polar surface area (TPSA) is 25.2 Å². The van der Waals surface area contributed by atoms with Crippen molar-refractivity contribution in [1.29, 1.82) is 0 Å². The first kappa shape index (κ1) is 8.08. The molecule has 0 saturated carbocycles. The summed E-state index contributed by atoms with van der Waals surface area (Å²) in [5.74, 6) is 0. The summed E-state index contributed by atoms with van der Waals surface area (Å²) in [5, 5.41) is 8.86. The Morgan fingerprint density at radius 1 is 1.64 bits per heavy atom. The second kappa shape index (κ2) is 3.98. The van der Waals surface area contributed by atoms with Gasteiger partial charge in [0.25, 0.3) is 0 Å². The number of aliphatic hydroxyl groups excluding tert-OH is 1. The second-order valence-electron chi connectivity index (χ2n) is 2.43. The standard InChI is InChI=1S/C9H13NO/c1-2-3-6-10-7-4-5-9(10)8-11/h2,4-5,7,11H,1,3,6,8H2. The summed E-state index contributed by atoms with van der Waals surface area (Å²) in [6, 6.07) is 3.86. The van der Waals surface area contributed by atoms with Gasteiger partial charge >= 0.3 is 0 Å². The zero-order valence-electron chi connectivity index (χ0n) is 6.53. The molecule has 0 spiro atoms. The van der Waals surface area contributed by atoms with E-state index in [1.165, 1.54) is 0 Å². The lowest BCUT2D eigenvalue weighted by Crippen LogP contribution is -2.00. The molecule has 2 nitrogen and oxygen atoms in total. The molecule has 0 amide bonds. The number of allylic oxidation sites excluding steroid dienone is 1. The van der Waals surface area contributed by atoms with Crippen molar-refractivity contribution in [2.45, 2.75) is 19.6 Å². The molecule has 0 unspecified atom stereocenters. The fourth-order valence-electron chi connectivity index (χ4n) is 1.04. The van der Waals surface area contributed by atoms with Crippen molar-refractivity contribution in [1.82, 2.24) is 4.57 Å². The van der Waals surface area contributed by atoms with Crippen LogP contribution in [0.5, 0.6) is 0 Å². The number of nitrogens with zero attached hydrogens (tertiary/aromatic N) is 1. The Hall–Kier alpha value is -1.02. The zero-order valence-corrected chi connectivity index (χ0v) is 6.53. The third-order valence-electron chi connectivity index (χ3n) is 1.66. The van der Waals surface area contributed by atoms with Gasteiger partial charge in [-0.2, -0.15) is 0 Å². The molecule has 1 N–H and O–H groups in total. The van der Waals surface area contributed by atoms with Crippen LogP contribution in [0.4, 0.5) is 0 Å². The Labute approximate surface area is 66.8 Å². The molecule has 0 aliphatic rings. The lowest BCUT2D eigenvalue weighted by Gasteiger charge is -2.03. The van der Waals surface area contributed by atoms with E-state index in [1.807, 2.05) is 29.0 Å². The molecule has 11 heavy (non-hydrogen) atoms. The molecule has 1 aromatic heterocycles. The lowest BCUT2D eigenvalue weighted by molar-refractivity contribution is 0.270. The SMILES string of the molecule is C=CCCn1cccc1CO. The molecule has 1 rings (SSSR count). The maximum atomic E-state index is 8.86. The molecule has 0 aliphatic carbocycles. The van der Waals surface area contributed by atoms with Crippen LogP contribution >= 0.6 is 0 Å². The molecule has 0 bridgehead atoms. The fraction of sp³-hybridized carbons (Fsp3) is 0.333. The maximum Gasteiger partial charge on any atom is 0.0832 e. The predicted octanol–water partition coefficient (Wildman–Crippen LogP) is 1.56. The van der Waals surface area contributed by atoms with Gasteiger partial charge in [0.15, 0.2) is 0 Å². The molecule has 2 heteroatoms. The minimum absolute atomic E-state index is 0.115. The van der Waals surface area contributed by atoms with E-state index in [2.05, 4.69) is 6.58 Å². The van der Waals surface area contributed by atoms with Gasteiger partial charge in [-0.15, -0.1) is 6.58 Å². The van der Waals surface area contributed by atoms with Gasteiger partial charge in [-0.3, -0.25) is 0 Å². The van der Waals surface area contributed by atoms with Crippen LogP contribution in [0.2, 0.25) is 0 Å². The van der Waals surface area contributed by atoms with Gasteiger partial charge in [-0.05, 0) is 18.6 Å². The van der Waals surface area contributed by atoms with Gasteiger partial charge in [0.1, 0.15) is 0 Å². The number of hydrogen-bond acceptors (Lipinski definition) is 1. The number of rotatable bonds is 4. The van der Waals surface area contributed by atoms with Crippen LogP contribution < -0.4 is 0 Å². The molecule has 0 radical (unpaired) electrons. The highest BCUT2D eigenvalue weighted by Gasteiger charge is 1.95. The van der Waals surface area contributed by atoms with E-state index in [1.54, 1.807) is 0 Å². The zero-order chi connectivity index (χ0) is 8.10. The summed E-state index contributed by atoms with van der Waals surface area (Å²) in [6.45, 7) is 4.66. The monoisotopic (exact) mass is 151 g/mol. The molecule has 0 aliphatic heterocycles. The quantitative estimate of drug-likeness (QED) is 0.649. The van der Waals surface area contributed by atoms with Crippen molar-refractivity contribution in [3.8, 4) is 0 Å². The van der Waals surface area contributed by atoms with E-state index < -0.39 is 0 Å². The summed E-state index contributed by atoms with van der Waals surface area (Å²) in [5.41, 5.74) is 0.965. The van der Waals surface area contributed by atoms with Crippen LogP contribution in [0.1, 0.15) is 12.1 Å². The van der Waals surface area contributed by atoms with Crippen molar-refractivity contribution < 1.29 is 5.11 Å². The van der Waals surface area contributed by atoms with Gasteiger partial charge in [0, 0.05) is 18.4 Å². The Balaban J connectivity index is 2.60. The Morgan fingerprint density at radius 2 is 2.45 bits per heavy atom. The maximum absolute atomic E-state index is 8.86. The molecule has 0 aromatic carbocycles. The van der Waals surface area contributed by atoms with Gasteiger partial charge in [-0.25, -0.2) is 0 Å². The van der Waals surface area contributed by atoms with E-state index >= 15 is 0 Å².